The summed E-state index contributed by atoms with van der Waals surface area (Å²) in [4.78, 5) is 29.1. The average molecular weight is 482 g/mol. The number of anilines is 1. The molecule has 0 spiro atoms. The second-order valence-corrected chi connectivity index (χ2v) is 9.54. The van der Waals surface area contributed by atoms with Crippen LogP contribution in [0.25, 0.3) is 11.3 Å². The van der Waals surface area contributed by atoms with Gasteiger partial charge >= 0.3 is 0 Å². The van der Waals surface area contributed by atoms with E-state index in [1.54, 1.807) is 18.5 Å². The monoisotopic (exact) mass is 481 g/mol. The maximum absolute atomic E-state index is 15.1. The number of hydroxylamine groups is 2. The average Bonchev–Trinajstić information content (AvgIpc) is 3.22. The highest BCUT2D eigenvalue weighted by molar-refractivity contribution is 5.64. The number of halogens is 1. The standard InChI is InChI=1S/C26H32FN5O3/c1-26(2,3)35-32(18-33)23(16-20-7-5-6-10-28-20)25-29-17-24(30(25)4)19-8-9-22(21(27)15-19)31-11-13-34-14-12-31/h5-10,15,17-18,23H,11-14,16H2,1-4H3. The number of nitrogens with zero attached hydrogens (tertiary/aromatic N) is 5. The zero-order valence-corrected chi connectivity index (χ0v) is 20.6. The maximum atomic E-state index is 15.1. The number of amides is 1. The quantitative estimate of drug-likeness (QED) is 0.359. The highest BCUT2D eigenvalue weighted by atomic mass is 19.1. The predicted octanol–water partition coefficient (Wildman–Crippen LogP) is 3.93. The normalized spacial score (nSPS) is 15.2. The van der Waals surface area contributed by atoms with Gasteiger partial charge in [0, 0.05) is 44.0 Å². The molecule has 0 aliphatic carbocycles. The van der Waals surface area contributed by atoms with Crippen molar-refractivity contribution >= 4 is 12.1 Å². The third-order valence-corrected chi connectivity index (χ3v) is 5.84. The van der Waals surface area contributed by atoms with E-state index in [1.165, 1.54) is 11.1 Å². The fraction of sp³-hybridized carbons (Fsp3) is 0.423. The van der Waals surface area contributed by atoms with Gasteiger partial charge < -0.3 is 14.2 Å². The molecular weight excluding hydrogens is 449 g/mol. The summed E-state index contributed by atoms with van der Waals surface area (Å²) in [7, 11) is 1.86. The van der Waals surface area contributed by atoms with Crippen LogP contribution in [0.15, 0.2) is 48.8 Å². The van der Waals surface area contributed by atoms with Crippen LogP contribution in [0.5, 0.6) is 0 Å². The molecule has 1 aliphatic rings. The molecule has 1 amide bonds. The van der Waals surface area contributed by atoms with Gasteiger partial charge in [0.25, 0.3) is 0 Å². The van der Waals surface area contributed by atoms with Crippen molar-refractivity contribution < 1.29 is 18.8 Å². The fourth-order valence-electron chi connectivity index (χ4n) is 4.22. The minimum absolute atomic E-state index is 0.289. The molecule has 4 rings (SSSR count). The second kappa shape index (κ2) is 10.5. The molecule has 3 aromatic rings. The molecule has 1 saturated heterocycles. The van der Waals surface area contributed by atoms with Crippen LogP contribution in [0.2, 0.25) is 0 Å². The van der Waals surface area contributed by atoms with E-state index in [4.69, 9.17) is 9.57 Å². The first-order chi connectivity index (χ1) is 16.8. The molecular formula is C26H32FN5O3. The summed E-state index contributed by atoms with van der Waals surface area (Å²) in [5.41, 5.74) is 2.22. The molecule has 186 valence electrons. The van der Waals surface area contributed by atoms with Gasteiger partial charge in [-0.2, -0.15) is 0 Å². The van der Waals surface area contributed by atoms with E-state index >= 15 is 4.39 Å². The largest absolute Gasteiger partial charge is 0.378 e. The van der Waals surface area contributed by atoms with Crippen molar-refractivity contribution in [2.45, 2.75) is 38.8 Å². The van der Waals surface area contributed by atoms with Crippen molar-refractivity contribution in [3.8, 4) is 11.3 Å². The van der Waals surface area contributed by atoms with Crippen LogP contribution >= 0.6 is 0 Å². The molecule has 1 aliphatic heterocycles. The highest BCUT2D eigenvalue weighted by Gasteiger charge is 2.30. The van der Waals surface area contributed by atoms with Crippen molar-refractivity contribution in [2.24, 2.45) is 7.05 Å². The molecule has 1 aromatic carbocycles. The van der Waals surface area contributed by atoms with Gasteiger partial charge in [0.05, 0.1) is 36.4 Å². The number of benzene rings is 1. The molecule has 0 bridgehead atoms. The molecule has 0 saturated carbocycles. The van der Waals surface area contributed by atoms with Crippen molar-refractivity contribution in [2.75, 3.05) is 31.2 Å². The summed E-state index contributed by atoms with van der Waals surface area (Å²) in [6, 6.07) is 10.3. The van der Waals surface area contributed by atoms with E-state index in [9.17, 15) is 4.79 Å². The number of morpholine rings is 1. The van der Waals surface area contributed by atoms with E-state index in [2.05, 4.69) is 9.97 Å². The van der Waals surface area contributed by atoms with E-state index in [1.807, 2.05) is 61.6 Å². The molecule has 35 heavy (non-hydrogen) atoms. The van der Waals surface area contributed by atoms with Crippen LogP contribution in [0.1, 0.15) is 38.3 Å². The lowest BCUT2D eigenvalue weighted by Crippen LogP contribution is -2.38. The van der Waals surface area contributed by atoms with Gasteiger partial charge in [0.15, 0.2) is 0 Å². The lowest BCUT2D eigenvalue weighted by Gasteiger charge is -2.32. The van der Waals surface area contributed by atoms with Gasteiger partial charge in [-0.15, -0.1) is 0 Å². The smallest absolute Gasteiger partial charge is 0.234 e. The second-order valence-electron chi connectivity index (χ2n) is 9.54. The molecule has 2 aromatic heterocycles. The lowest BCUT2D eigenvalue weighted by molar-refractivity contribution is -0.235. The number of carbonyl (C=O) groups is 1. The van der Waals surface area contributed by atoms with Gasteiger partial charge in [0.2, 0.25) is 6.41 Å². The Kier molecular flexibility index (Phi) is 7.47. The summed E-state index contributed by atoms with van der Waals surface area (Å²) >= 11 is 0. The number of imidazole rings is 1. The Morgan fingerprint density at radius 2 is 1.97 bits per heavy atom. The third kappa shape index (κ3) is 5.86. The first kappa shape index (κ1) is 24.8. The van der Waals surface area contributed by atoms with Gasteiger partial charge in [-0.25, -0.2) is 14.4 Å². The van der Waals surface area contributed by atoms with Crippen LogP contribution in [0.4, 0.5) is 10.1 Å². The zero-order chi connectivity index (χ0) is 25.0. The number of hydrogen-bond acceptors (Lipinski definition) is 6. The molecule has 3 heterocycles. The van der Waals surface area contributed by atoms with E-state index in [-0.39, 0.29) is 5.82 Å². The molecule has 0 radical (unpaired) electrons. The predicted molar refractivity (Wildman–Crippen MR) is 131 cm³/mol. The number of carbonyl (C=O) groups excluding carboxylic acids is 1. The Labute approximate surface area is 205 Å². The number of aromatic nitrogens is 3. The number of hydrogen-bond donors (Lipinski definition) is 0. The van der Waals surface area contributed by atoms with Crippen molar-refractivity contribution in [1.29, 1.82) is 0 Å². The SMILES string of the molecule is Cn1c(-c2ccc(N3CCOCC3)c(F)c2)cnc1C(Cc1ccccn1)N(C=O)OC(C)(C)C. The molecule has 1 unspecified atom stereocenters. The highest BCUT2D eigenvalue weighted by Crippen LogP contribution is 2.31. The molecule has 1 fully saturated rings. The summed E-state index contributed by atoms with van der Waals surface area (Å²) in [5.74, 6) is 0.322. The third-order valence-electron chi connectivity index (χ3n) is 5.84. The molecule has 8 nitrogen and oxygen atoms in total. The van der Waals surface area contributed by atoms with Gasteiger partial charge in [0.1, 0.15) is 17.7 Å². The van der Waals surface area contributed by atoms with E-state index in [0.717, 1.165) is 11.4 Å². The Morgan fingerprint density at radius 3 is 2.60 bits per heavy atom. The van der Waals surface area contributed by atoms with Crippen molar-refractivity contribution in [1.82, 2.24) is 19.6 Å². The van der Waals surface area contributed by atoms with Crippen LogP contribution in [-0.2, 0) is 27.8 Å². The minimum Gasteiger partial charge on any atom is -0.378 e. The fourth-order valence-corrected chi connectivity index (χ4v) is 4.22. The van der Waals surface area contributed by atoms with Crippen molar-refractivity contribution in [3.05, 3.63) is 66.1 Å². The Morgan fingerprint density at radius 1 is 1.20 bits per heavy atom. The van der Waals surface area contributed by atoms with Gasteiger partial charge in [-0.1, -0.05) is 12.1 Å². The summed E-state index contributed by atoms with van der Waals surface area (Å²) < 4.78 is 22.3. The van der Waals surface area contributed by atoms with E-state index in [0.29, 0.717) is 56.2 Å². The Hall–Kier alpha value is -3.30. The first-order valence-corrected chi connectivity index (χ1v) is 11.7. The topological polar surface area (TPSA) is 72.7 Å². The summed E-state index contributed by atoms with van der Waals surface area (Å²) in [6.45, 7) is 8.15. The molecule has 1 atom stereocenters. The minimum atomic E-state index is -0.588. The lowest BCUT2D eigenvalue weighted by atomic mass is 10.1. The first-order valence-electron chi connectivity index (χ1n) is 11.7. The number of rotatable bonds is 8. The molecule has 9 heteroatoms. The van der Waals surface area contributed by atoms with E-state index < -0.39 is 11.6 Å². The van der Waals surface area contributed by atoms with Gasteiger partial charge in [-0.3, -0.25) is 14.6 Å². The van der Waals surface area contributed by atoms with Crippen LogP contribution in [-0.4, -0.2) is 57.9 Å². The Bertz CT molecular complexity index is 1140. The Balaban J connectivity index is 1.67. The van der Waals surface area contributed by atoms with Crippen LogP contribution in [0.3, 0.4) is 0 Å². The van der Waals surface area contributed by atoms with Crippen LogP contribution < -0.4 is 4.90 Å². The molecule has 0 N–H and O–H groups in total. The van der Waals surface area contributed by atoms with Crippen molar-refractivity contribution in [3.63, 3.8) is 0 Å². The van der Waals surface area contributed by atoms with Crippen LogP contribution in [0, 0.1) is 5.82 Å². The summed E-state index contributed by atoms with van der Waals surface area (Å²) in [5, 5.41) is 1.29. The number of ether oxygens (including phenoxy) is 1. The summed E-state index contributed by atoms with van der Waals surface area (Å²) in [6.07, 6.45) is 4.49. The maximum Gasteiger partial charge on any atom is 0.234 e. The number of pyridine rings is 1. The van der Waals surface area contributed by atoms with Gasteiger partial charge in [-0.05, 0) is 45.0 Å². The zero-order valence-electron chi connectivity index (χ0n) is 20.6.